The molecule has 0 nitrogen and oxygen atoms in total. The van der Waals surface area contributed by atoms with E-state index in [2.05, 4.69) is 30.8 Å². The highest BCUT2D eigenvalue weighted by molar-refractivity contribution is 5.24. The van der Waals surface area contributed by atoms with E-state index in [0.717, 1.165) is 18.4 Å². The first-order valence-electron chi connectivity index (χ1n) is 6.21. The summed E-state index contributed by atoms with van der Waals surface area (Å²) in [5.74, 6) is 0.0930. The molecule has 0 amide bonds. The van der Waals surface area contributed by atoms with Crippen LogP contribution in [-0.4, -0.2) is 0 Å². The Balaban J connectivity index is 2.02. The van der Waals surface area contributed by atoms with Gasteiger partial charge in [0.1, 0.15) is 5.82 Å². The van der Waals surface area contributed by atoms with E-state index in [0.29, 0.717) is 0 Å². The van der Waals surface area contributed by atoms with Gasteiger partial charge in [0, 0.05) is 5.92 Å². The Labute approximate surface area is 108 Å². The maximum Gasteiger partial charge on any atom is 0.123 e. The van der Waals surface area contributed by atoms with Crippen molar-refractivity contribution in [2.45, 2.75) is 18.8 Å². The summed E-state index contributed by atoms with van der Waals surface area (Å²) in [6.45, 7) is 3.88. The van der Waals surface area contributed by atoms with Crippen molar-refractivity contribution in [2.24, 2.45) is 0 Å². The van der Waals surface area contributed by atoms with Crippen molar-refractivity contribution in [1.82, 2.24) is 0 Å². The SMILES string of the molecule is C=C[C@@H](CCc1ccccc1)c1ccc(F)cc1. The fourth-order valence-corrected chi connectivity index (χ4v) is 2.10. The molecular weight excluding hydrogens is 223 g/mol. The number of rotatable bonds is 5. The summed E-state index contributed by atoms with van der Waals surface area (Å²) in [6, 6.07) is 17.1. The molecule has 2 aromatic carbocycles. The third kappa shape index (κ3) is 3.30. The van der Waals surface area contributed by atoms with Crippen molar-refractivity contribution in [3.63, 3.8) is 0 Å². The zero-order valence-electron chi connectivity index (χ0n) is 10.4. The molecule has 92 valence electrons. The van der Waals surface area contributed by atoms with Crippen LogP contribution >= 0.6 is 0 Å². The first-order chi connectivity index (χ1) is 8.79. The normalized spacial score (nSPS) is 12.1. The zero-order chi connectivity index (χ0) is 12.8. The summed E-state index contributed by atoms with van der Waals surface area (Å²) in [5.41, 5.74) is 2.45. The summed E-state index contributed by atoms with van der Waals surface area (Å²) in [6.07, 6.45) is 3.95. The van der Waals surface area contributed by atoms with Crippen LogP contribution in [0.2, 0.25) is 0 Å². The Hall–Kier alpha value is -1.89. The van der Waals surface area contributed by atoms with Crippen LogP contribution in [0.4, 0.5) is 4.39 Å². The first-order valence-corrected chi connectivity index (χ1v) is 6.21. The summed E-state index contributed by atoms with van der Waals surface area (Å²) < 4.78 is 12.9. The fourth-order valence-electron chi connectivity index (χ4n) is 2.10. The van der Waals surface area contributed by atoms with Crippen molar-refractivity contribution in [2.75, 3.05) is 0 Å². The summed E-state index contributed by atoms with van der Waals surface area (Å²) in [7, 11) is 0. The van der Waals surface area contributed by atoms with E-state index >= 15 is 0 Å². The van der Waals surface area contributed by atoms with Gasteiger partial charge in [0.25, 0.3) is 0 Å². The Bertz CT molecular complexity index is 485. The largest absolute Gasteiger partial charge is 0.207 e. The molecule has 1 atom stereocenters. The molecule has 0 unspecified atom stereocenters. The van der Waals surface area contributed by atoms with Crippen LogP contribution in [0, 0.1) is 5.82 Å². The van der Waals surface area contributed by atoms with E-state index in [-0.39, 0.29) is 11.7 Å². The zero-order valence-corrected chi connectivity index (χ0v) is 10.4. The highest BCUT2D eigenvalue weighted by atomic mass is 19.1. The van der Waals surface area contributed by atoms with Gasteiger partial charge in [0.15, 0.2) is 0 Å². The van der Waals surface area contributed by atoms with Crippen LogP contribution in [0.3, 0.4) is 0 Å². The lowest BCUT2D eigenvalue weighted by Gasteiger charge is -2.12. The van der Waals surface area contributed by atoms with Gasteiger partial charge >= 0.3 is 0 Å². The molecule has 0 fully saturated rings. The van der Waals surface area contributed by atoms with Crippen molar-refractivity contribution in [1.29, 1.82) is 0 Å². The third-order valence-corrected chi connectivity index (χ3v) is 3.17. The molecule has 0 spiro atoms. The standard InChI is InChI=1S/C17H17F/c1-2-15(16-10-12-17(18)13-11-16)9-8-14-6-4-3-5-7-14/h2-7,10-13,15H,1,8-9H2/t15-/m0/s1. The fraction of sp³-hybridized carbons (Fsp3) is 0.176. The van der Waals surface area contributed by atoms with Crippen LogP contribution in [-0.2, 0) is 6.42 Å². The molecule has 0 N–H and O–H groups in total. The van der Waals surface area contributed by atoms with Crippen LogP contribution in [0.25, 0.3) is 0 Å². The summed E-state index contributed by atoms with van der Waals surface area (Å²) in [5, 5.41) is 0. The molecule has 0 bridgehead atoms. The Morgan fingerprint density at radius 2 is 1.67 bits per heavy atom. The van der Waals surface area contributed by atoms with E-state index in [1.807, 2.05) is 24.3 Å². The molecule has 0 saturated carbocycles. The molecule has 0 aliphatic heterocycles. The molecule has 0 heterocycles. The second-order valence-electron chi connectivity index (χ2n) is 4.42. The summed E-state index contributed by atoms with van der Waals surface area (Å²) >= 11 is 0. The van der Waals surface area contributed by atoms with Gasteiger partial charge in [-0.05, 0) is 36.1 Å². The average molecular weight is 240 g/mol. The van der Waals surface area contributed by atoms with Crippen LogP contribution in [0.1, 0.15) is 23.5 Å². The number of benzene rings is 2. The van der Waals surface area contributed by atoms with Crippen molar-refractivity contribution >= 4 is 0 Å². The van der Waals surface area contributed by atoms with Gasteiger partial charge in [-0.25, -0.2) is 4.39 Å². The van der Waals surface area contributed by atoms with Crippen molar-refractivity contribution < 1.29 is 4.39 Å². The predicted octanol–water partition coefficient (Wildman–Crippen LogP) is 4.73. The number of allylic oxidation sites excluding steroid dienone is 1. The molecular formula is C17H17F. The molecule has 2 aromatic rings. The van der Waals surface area contributed by atoms with E-state index < -0.39 is 0 Å². The van der Waals surface area contributed by atoms with Crippen LogP contribution in [0.5, 0.6) is 0 Å². The Morgan fingerprint density at radius 1 is 1.00 bits per heavy atom. The highest BCUT2D eigenvalue weighted by Crippen LogP contribution is 2.23. The van der Waals surface area contributed by atoms with Gasteiger partial charge in [-0.3, -0.25) is 0 Å². The first kappa shape index (κ1) is 12.6. The lowest BCUT2D eigenvalue weighted by atomic mass is 9.92. The molecule has 18 heavy (non-hydrogen) atoms. The van der Waals surface area contributed by atoms with Crippen LogP contribution < -0.4 is 0 Å². The minimum absolute atomic E-state index is 0.190. The maximum atomic E-state index is 12.9. The number of halogens is 1. The molecule has 2 rings (SSSR count). The number of hydrogen-bond acceptors (Lipinski definition) is 0. The predicted molar refractivity (Wildman–Crippen MR) is 74.1 cm³/mol. The molecule has 0 aromatic heterocycles. The van der Waals surface area contributed by atoms with Gasteiger partial charge in [-0.1, -0.05) is 48.5 Å². The average Bonchev–Trinajstić information content (AvgIpc) is 2.42. The van der Waals surface area contributed by atoms with Gasteiger partial charge in [0.05, 0.1) is 0 Å². The lowest BCUT2D eigenvalue weighted by molar-refractivity contribution is 0.625. The van der Waals surface area contributed by atoms with Crippen LogP contribution in [0.15, 0.2) is 67.3 Å². The minimum atomic E-state index is -0.190. The molecule has 0 radical (unpaired) electrons. The van der Waals surface area contributed by atoms with E-state index in [1.165, 1.54) is 17.7 Å². The second kappa shape index (κ2) is 6.15. The smallest absolute Gasteiger partial charge is 0.123 e. The monoisotopic (exact) mass is 240 g/mol. The number of aryl methyl sites for hydroxylation is 1. The Kier molecular flexibility index (Phi) is 4.30. The van der Waals surface area contributed by atoms with Crippen molar-refractivity contribution in [3.8, 4) is 0 Å². The topological polar surface area (TPSA) is 0 Å². The highest BCUT2D eigenvalue weighted by Gasteiger charge is 2.07. The number of hydrogen-bond donors (Lipinski definition) is 0. The minimum Gasteiger partial charge on any atom is -0.207 e. The Morgan fingerprint density at radius 3 is 2.28 bits per heavy atom. The quantitative estimate of drug-likeness (QED) is 0.663. The maximum absolute atomic E-state index is 12.9. The van der Waals surface area contributed by atoms with Gasteiger partial charge in [-0.15, -0.1) is 6.58 Å². The van der Waals surface area contributed by atoms with Gasteiger partial charge < -0.3 is 0 Å². The van der Waals surface area contributed by atoms with Crippen molar-refractivity contribution in [3.05, 3.63) is 84.2 Å². The van der Waals surface area contributed by atoms with Gasteiger partial charge in [0.2, 0.25) is 0 Å². The second-order valence-corrected chi connectivity index (χ2v) is 4.42. The molecule has 0 aliphatic rings. The lowest BCUT2D eigenvalue weighted by Crippen LogP contribution is -1.97. The van der Waals surface area contributed by atoms with E-state index in [4.69, 9.17) is 0 Å². The van der Waals surface area contributed by atoms with Gasteiger partial charge in [-0.2, -0.15) is 0 Å². The molecule has 0 aliphatic carbocycles. The molecule has 1 heteroatoms. The van der Waals surface area contributed by atoms with E-state index in [9.17, 15) is 4.39 Å². The molecule has 0 saturated heterocycles. The summed E-state index contributed by atoms with van der Waals surface area (Å²) in [4.78, 5) is 0. The third-order valence-electron chi connectivity index (χ3n) is 3.17. The van der Waals surface area contributed by atoms with E-state index in [1.54, 1.807) is 0 Å².